The van der Waals surface area contributed by atoms with Crippen LogP contribution in [0.4, 0.5) is 0 Å². The van der Waals surface area contributed by atoms with Gasteiger partial charge in [-0.2, -0.15) is 0 Å². The molecule has 0 heterocycles. The van der Waals surface area contributed by atoms with E-state index in [-0.39, 0.29) is 6.10 Å². The molecule has 0 bridgehead atoms. The quantitative estimate of drug-likeness (QED) is 0.677. The highest BCUT2D eigenvalue weighted by molar-refractivity contribution is 5.81. The lowest BCUT2D eigenvalue weighted by Gasteiger charge is -2.25. The zero-order valence-corrected chi connectivity index (χ0v) is 11.4. The summed E-state index contributed by atoms with van der Waals surface area (Å²) in [6.07, 6.45) is 4.09. The third kappa shape index (κ3) is 3.26. The van der Waals surface area contributed by atoms with Crippen LogP contribution in [-0.4, -0.2) is 17.0 Å². The van der Waals surface area contributed by atoms with Crippen molar-refractivity contribution < 1.29 is 19.4 Å². The minimum absolute atomic E-state index is 0.371. The number of allylic oxidation sites excluding steroid dienone is 2. The Hall–Kier alpha value is -2.10. The molecule has 2 rings (SSSR count). The second kappa shape index (κ2) is 6.37. The van der Waals surface area contributed by atoms with Gasteiger partial charge in [-0.3, -0.25) is 9.59 Å². The molecule has 1 aliphatic carbocycles. The van der Waals surface area contributed by atoms with E-state index in [1.165, 1.54) is 0 Å². The lowest BCUT2D eigenvalue weighted by molar-refractivity contribution is -0.161. The molecule has 4 heteroatoms. The van der Waals surface area contributed by atoms with Crippen LogP contribution in [-0.2, 0) is 14.3 Å². The van der Waals surface area contributed by atoms with Gasteiger partial charge in [0, 0.05) is 0 Å². The average molecular weight is 274 g/mol. The van der Waals surface area contributed by atoms with E-state index in [0.717, 1.165) is 5.56 Å². The number of carbonyl (C=O) groups is 2. The molecule has 4 nitrogen and oxygen atoms in total. The summed E-state index contributed by atoms with van der Waals surface area (Å²) in [7, 11) is 0. The summed E-state index contributed by atoms with van der Waals surface area (Å²) in [5.74, 6) is -2.65. The molecule has 0 saturated carbocycles. The molecule has 0 aliphatic heterocycles. The summed E-state index contributed by atoms with van der Waals surface area (Å²) in [4.78, 5) is 23.4. The standard InChI is InChI=1S/C16H18O4/c1-11(12-7-3-2-4-8-12)20-16(19)14-10-6-5-9-13(14)15(17)18/h2-8,11,13-14H,9-10H2,1H3,(H,17,18). The summed E-state index contributed by atoms with van der Waals surface area (Å²) in [5.41, 5.74) is 0.902. The molecule has 1 aromatic rings. The summed E-state index contributed by atoms with van der Waals surface area (Å²) in [6, 6.07) is 9.41. The fourth-order valence-corrected chi connectivity index (χ4v) is 2.40. The summed E-state index contributed by atoms with van der Waals surface area (Å²) < 4.78 is 5.42. The van der Waals surface area contributed by atoms with Crippen LogP contribution in [0, 0.1) is 11.8 Å². The van der Waals surface area contributed by atoms with Crippen molar-refractivity contribution in [2.75, 3.05) is 0 Å². The SMILES string of the molecule is CC(OC(=O)C1CC=CCC1C(=O)O)c1ccccc1. The Balaban J connectivity index is 2.04. The van der Waals surface area contributed by atoms with Gasteiger partial charge in [0.05, 0.1) is 11.8 Å². The van der Waals surface area contributed by atoms with Gasteiger partial charge in [-0.05, 0) is 25.3 Å². The van der Waals surface area contributed by atoms with Gasteiger partial charge in [0.1, 0.15) is 6.10 Å². The zero-order valence-electron chi connectivity index (χ0n) is 11.4. The number of benzene rings is 1. The van der Waals surface area contributed by atoms with Crippen molar-refractivity contribution >= 4 is 11.9 Å². The average Bonchev–Trinajstić information content (AvgIpc) is 2.48. The highest BCUT2D eigenvalue weighted by Gasteiger charge is 2.35. The monoisotopic (exact) mass is 274 g/mol. The van der Waals surface area contributed by atoms with Crippen molar-refractivity contribution in [3.05, 3.63) is 48.0 Å². The Morgan fingerprint density at radius 2 is 1.75 bits per heavy atom. The normalized spacial score (nSPS) is 23.1. The van der Waals surface area contributed by atoms with E-state index in [4.69, 9.17) is 9.84 Å². The number of hydrogen-bond acceptors (Lipinski definition) is 3. The molecule has 0 spiro atoms. The van der Waals surface area contributed by atoms with Crippen molar-refractivity contribution in [1.82, 2.24) is 0 Å². The molecular formula is C16H18O4. The van der Waals surface area contributed by atoms with Crippen LogP contribution >= 0.6 is 0 Å². The first-order chi connectivity index (χ1) is 9.59. The summed E-state index contributed by atoms with van der Waals surface area (Å²) >= 11 is 0. The van der Waals surface area contributed by atoms with E-state index in [9.17, 15) is 9.59 Å². The largest absolute Gasteiger partial charge is 0.481 e. The van der Waals surface area contributed by atoms with Crippen LogP contribution < -0.4 is 0 Å². The maximum Gasteiger partial charge on any atom is 0.310 e. The molecule has 0 saturated heterocycles. The number of carboxylic acids is 1. The van der Waals surface area contributed by atoms with Gasteiger partial charge in [-0.15, -0.1) is 0 Å². The van der Waals surface area contributed by atoms with E-state index in [1.54, 1.807) is 6.92 Å². The van der Waals surface area contributed by atoms with Crippen molar-refractivity contribution in [3.8, 4) is 0 Å². The molecule has 3 unspecified atom stereocenters. The topological polar surface area (TPSA) is 63.6 Å². The lowest BCUT2D eigenvalue weighted by atomic mass is 9.83. The first kappa shape index (κ1) is 14.3. The number of ether oxygens (including phenoxy) is 1. The second-order valence-corrected chi connectivity index (χ2v) is 4.98. The molecule has 106 valence electrons. The summed E-state index contributed by atoms with van der Waals surface area (Å²) in [6.45, 7) is 1.79. The van der Waals surface area contributed by atoms with E-state index >= 15 is 0 Å². The third-order valence-corrected chi connectivity index (χ3v) is 3.61. The van der Waals surface area contributed by atoms with Gasteiger partial charge in [0.2, 0.25) is 0 Å². The maximum atomic E-state index is 12.2. The Labute approximate surface area is 118 Å². The molecule has 1 N–H and O–H groups in total. The molecule has 1 aromatic carbocycles. The maximum absolute atomic E-state index is 12.2. The molecule has 0 fully saturated rings. The minimum Gasteiger partial charge on any atom is -0.481 e. The van der Waals surface area contributed by atoms with Crippen molar-refractivity contribution in [1.29, 1.82) is 0 Å². The number of carboxylic acid groups (broad SMARTS) is 1. The van der Waals surface area contributed by atoms with Crippen LogP contribution in [0.1, 0.15) is 31.4 Å². The Kier molecular flexibility index (Phi) is 4.56. The smallest absolute Gasteiger partial charge is 0.310 e. The van der Waals surface area contributed by atoms with Crippen molar-refractivity contribution in [2.24, 2.45) is 11.8 Å². The molecule has 1 aliphatic rings. The van der Waals surface area contributed by atoms with Gasteiger partial charge < -0.3 is 9.84 Å². The minimum atomic E-state index is -0.941. The van der Waals surface area contributed by atoms with Crippen molar-refractivity contribution in [2.45, 2.75) is 25.9 Å². The highest BCUT2D eigenvalue weighted by Crippen LogP contribution is 2.29. The zero-order chi connectivity index (χ0) is 14.5. The fourth-order valence-electron chi connectivity index (χ4n) is 2.40. The molecule has 3 atom stereocenters. The van der Waals surface area contributed by atoms with Gasteiger partial charge in [-0.25, -0.2) is 0 Å². The van der Waals surface area contributed by atoms with Crippen LogP contribution in [0.25, 0.3) is 0 Å². The molecule has 20 heavy (non-hydrogen) atoms. The van der Waals surface area contributed by atoms with Crippen LogP contribution in [0.5, 0.6) is 0 Å². The predicted octanol–water partition coefficient (Wildman–Crippen LogP) is 2.96. The predicted molar refractivity (Wildman–Crippen MR) is 73.9 cm³/mol. The van der Waals surface area contributed by atoms with Crippen LogP contribution in [0.15, 0.2) is 42.5 Å². The van der Waals surface area contributed by atoms with Gasteiger partial charge >= 0.3 is 11.9 Å². The van der Waals surface area contributed by atoms with Crippen LogP contribution in [0.3, 0.4) is 0 Å². The van der Waals surface area contributed by atoms with E-state index in [0.29, 0.717) is 12.8 Å². The molecule has 0 amide bonds. The van der Waals surface area contributed by atoms with E-state index < -0.39 is 23.8 Å². The number of hydrogen-bond donors (Lipinski definition) is 1. The van der Waals surface area contributed by atoms with Gasteiger partial charge in [-0.1, -0.05) is 42.5 Å². The molecule has 0 aromatic heterocycles. The van der Waals surface area contributed by atoms with Crippen LogP contribution in [0.2, 0.25) is 0 Å². The van der Waals surface area contributed by atoms with E-state index in [2.05, 4.69) is 0 Å². The van der Waals surface area contributed by atoms with Gasteiger partial charge in [0.15, 0.2) is 0 Å². The lowest BCUT2D eigenvalue weighted by Crippen LogP contribution is -2.32. The Morgan fingerprint density at radius 1 is 1.15 bits per heavy atom. The number of esters is 1. The molecule has 0 radical (unpaired) electrons. The third-order valence-electron chi connectivity index (χ3n) is 3.61. The van der Waals surface area contributed by atoms with E-state index in [1.807, 2.05) is 42.5 Å². The van der Waals surface area contributed by atoms with Crippen molar-refractivity contribution in [3.63, 3.8) is 0 Å². The second-order valence-electron chi connectivity index (χ2n) is 4.98. The molecular weight excluding hydrogens is 256 g/mol. The number of aliphatic carboxylic acids is 1. The Bertz CT molecular complexity index is 506. The highest BCUT2D eigenvalue weighted by atomic mass is 16.5. The van der Waals surface area contributed by atoms with Gasteiger partial charge in [0.25, 0.3) is 0 Å². The summed E-state index contributed by atoms with van der Waals surface area (Å²) in [5, 5.41) is 9.17. The first-order valence-corrected chi connectivity index (χ1v) is 6.73. The number of rotatable bonds is 4. The number of carbonyl (C=O) groups excluding carboxylic acids is 1. The Morgan fingerprint density at radius 3 is 2.35 bits per heavy atom. The first-order valence-electron chi connectivity index (χ1n) is 6.73. The fraction of sp³-hybridized carbons (Fsp3) is 0.375.